The second-order valence-corrected chi connectivity index (χ2v) is 2.73. The molecule has 12 heavy (non-hydrogen) atoms. The summed E-state index contributed by atoms with van der Waals surface area (Å²) in [5.74, 6) is -5.47. The van der Waals surface area contributed by atoms with Crippen molar-refractivity contribution in [3.63, 3.8) is 0 Å². The van der Waals surface area contributed by atoms with Crippen molar-refractivity contribution < 1.29 is 30.7 Å². The first kappa shape index (κ1) is 12.0. The lowest BCUT2D eigenvalue weighted by Crippen LogP contribution is -2.36. The minimum absolute atomic E-state index is 0.259. The second-order valence-electron chi connectivity index (χ2n) is 1.65. The summed E-state index contributed by atoms with van der Waals surface area (Å²) in [6.07, 6.45) is -9.01. The lowest BCUT2D eigenvalue weighted by atomic mass is 10.3. The minimum Gasteiger partial charge on any atom is -0.190 e. The summed E-state index contributed by atoms with van der Waals surface area (Å²) in [6.45, 7) is 0. The van der Waals surface area contributed by atoms with E-state index in [2.05, 4.69) is 0 Å². The van der Waals surface area contributed by atoms with Gasteiger partial charge < -0.3 is 0 Å². The maximum atomic E-state index is 11.9. The Kier molecular flexibility index (Phi) is 3.38. The molecule has 0 fully saturated rings. The lowest BCUT2D eigenvalue weighted by molar-refractivity contribution is -0.261. The number of halogens is 8. The molecule has 72 valence electrons. The summed E-state index contributed by atoms with van der Waals surface area (Å²) in [7, 11) is 0. The second kappa shape index (κ2) is 3.38. The summed E-state index contributed by atoms with van der Waals surface area (Å²) >= 11 is 0.259. The van der Waals surface area contributed by atoms with E-state index in [1.807, 2.05) is 0 Å². The Balaban J connectivity index is 5.01. The van der Waals surface area contributed by atoms with Gasteiger partial charge in [-0.15, -0.1) is 0 Å². The largest absolute Gasteiger partial charge is 0.458 e. The maximum Gasteiger partial charge on any atom is 0.458 e. The van der Waals surface area contributed by atoms with Crippen LogP contribution in [-0.4, -0.2) is 12.1 Å². The number of allylic oxidation sites excluding steroid dienone is 1. The summed E-state index contributed by atoms with van der Waals surface area (Å²) in [4.78, 5) is 0. The van der Waals surface area contributed by atoms with Crippen molar-refractivity contribution in [1.29, 1.82) is 0 Å². The molecule has 0 nitrogen and oxygen atoms in total. The molecule has 0 aromatic rings. The van der Waals surface area contributed by atoms with Gasteiger partial charge in [-0.3, -0.25) is 0 Å². The van der Waals surface area contributed by atoms with Crippen LogP contribution in [-0.2, 0) is 0 Å². The highest BCUT2D eigenvalue weighted by molar-refractivity contribution is 14.1. The van der Waals surface area contributed by atoms with Gasteiger partial charge in [-0.2, -0.15) is 30.7 Å². The van der Waals surface area contributed by atoms with E-state index < -0.39 is 21.8 Å². The molecule has 0 heterocycles. The Labute approximate surface area is 75.6 Å². The van der Waals surface area contributed by atoms with Crippen LogP contribution in [0.3, 0.4) is 0 Å². The lowest BCUT2D eigenvalue weighted by Gasteiger charge is -2.17. The first-order valence-corrected chi connectivity index (χ1v) is 3.34. The highest BCUT2D eigenvalue weighted by Gasteiger charge is 2.61. The van der Waals surface area contributed by atoms with Gasteiger partial charge in [0.15, 0.2) is 0 Å². The van der Waals surface area contributed by atoms with Crippen molar-refractivity contribution >= 4 is 22.6 Å². The van der Waals surface area contributed by atoms with E-state index in [1.165, 1.54) is 0 Å². The van der Waals surface area contributed by atoms with Gasteiger partial charge >= 0.3 is 12.1 Å². The molecule has 0 unspecified atom stereocenters. The van der Waals surface area contributed by atoms with E-state index in [4.69, 9.17) is 0 Å². The van der Waals surface area contributed by atoms with Crippen LogP contribution in [0.4, 0.5) is 30.7 Å². The summed E-state index contributed by atoms with van der Waals surface area (Å²) in [5.41, 5.74) is 0. The van der Waals surface area contributed by atoms with Crippen molar-refractivity contribution in [2.45, 2.75) is 12.1 Å². The molecule has 8 heteroatoms. The third-order valence-electron chi connectivity index (χ3n) is 0.798. The molecule has 0 saturated heterocycles. The van der Waals surface area contributed by atoms with Gasteiger partial charge in [-0.1, -0.05) is 0 Å². The SMILES string of the molecule is FC(F)=C(I)C(F)(F)C(F)(F)F. The Hall–Kier alpha value is -0.0200. The zero-order valence-corrected chi connectivity index (χ0v) is 7.18. The van der Waals surface area contributed by atoms with Crippen molar-refractivity contribution in [3.05, 3.63) is 9.66 Å². The molecule has 0 saturated carbocycles. The Morgan fingerprint density at radius 1 is 0.917 bits per heavy atom. The van der Waals surface area contributed by atoms with Gasteiger partial charge in [-0.05, 0) is 22.6 Å². The molecule has 0 aliphatic carbocycles. The molecule has 0 aromatic carbocycles. The van der Waals surface area contributed by atoms with Crippen LogP contribution in [0.15, 0.2) is 9.66 Å². The maximum absolute atomic E-state index is 11.9. The van der Waals surface area contributed by atoms with Gasteiger partial charge in [0.05, 0.1) is 0 Å². The van der Waals surface area contributed by atoms with E-state index in [-0.39, 0.29) is 22.6 Å². The van der Waals surface area contributed by atoms with Crippen LogP contribution in [0.2, 0.25) is 0 Å². The standard InChI is InChI=1S/C4F7I/c5-2(6)1(12)3(7,8)4(9,10)11. The van der Waals surface area contributed by atoms with Gasteiger partial charge in [0.25, 0.3) is 6.08 Å². The topological polar surface area (TPSA) is 0 Å². The van der Waals surface area contributed by atoms with E-state index in [9.17, 15) is 30.7 Å². The van der Waals surface area contributed by atoms with E-state index in [0.29, 0.717) is 0 Å². The van der Waals surface area contributed by atoms with Crippen molar-refractivity contribution in [3.8, 4) is 0 Å². The quantitative estimate of drug-likeness (QED) is 0.511. The Bertz CT molecular complexity index is 198. The van der Waals surface area contributed by atoms with E-state index in [0.717, 1.165) is 0 Å². The minimum atomic E-state index is -5.98. The normalized spacial score (nSPS) is 13.0. The fourth-order valence-corrected chi connectivity index (χ4v) is 0.549. The van der Waals surface area contributed by atoms with Gasteiger partial charge in [0.1, 0.15) is 3.58 Å². The monoisotopic (exact) mass is 308 g/mol. The number of alkyl halides is 5. The predicted octanol–water partition coefficient (Wildman–Crippen LogP) is 3.73. The molecule has 0 N–H and O–H groups in total. The van der Waals surface area contributed by atoms with Crippen molar-refractivity contribution in [2.24, 2.45) is 0 Å². The smallest absolute Gasteiger partial charge is 0.190 e. The van der Waals surface area contributed by atoms with Crippen molar-refractivity contribution in [2.75, 3.05) is 0 Å². The molecule has 0 aliphatic heterocycles. The summed E-state index contributed by atoms with van der Waals surface area (Å²) in [6, 6.07) is 0. The fourth-order valence-electron chi connectivity index (χ4n) is 0.243. The zero-order chi connectivity index (χ0) is 10.2. The van der Waals surface area contributed by atoms with Crippen LogP contribution in [0.5, 0.6) is 0 Å². The highest BCUT2D eigenvalue weighted by Crippen LogP contribution is 2.45. The molecule has 0 aliphatic rings. The zero-order valence-electron chi connectivity index (χ0n) is 5.02. The molecular weight excluding hydrogens is 308 g/mol. The van der Waals surface area contributed by atoms with Crippen LogP contribution in [0.1, 0.15) is 0 Å². The molecule has 0 rings (SSSR count). The third kappa shape index (κ3) is 2.23. The fraction of sp³-hybridized carbons (Fsp3) is 0.500. The number of hydrogen-bond acceptors (Lipinski definition) is 0. The van der Waals surface area contributed by atoms with E-state index >= 15 is 0 Å². The van der Waals surface area contributed by atoms with Gasteiger partial charge in [0, 0.05) is 0 Å². The number of hydrogen-bond donors (Lipinski definition) is 0. The van der Waals surface area contributed by atoms with Crippen LogP contribution in [0, 0.1) is 0 Å². The highest BCUT2D eigenvalue weighted by atomic mass is 127. The Morgan fingerprint density at radius 3 is 1.33 bits per heavy atom. The molecule has 0 spiro atoms. The first-order valence-electron chi connectivity index (χ1n) is 2.26. The third-order valence-corrected chi connectivity index (χ3v) is 1.88. The Morgan fingerprint density at radius 2 is 1.25 bits per heavy atom. The molecule has 0 atom stereocenters. The van der Waals surface area contributed by atoms with Crippen LogP contribution < -0.4 is 0 Å². The van der Waals surface area contributed by atoms with Gasteiger partial charge in [0.2, 0.25) is 0 Å². The summed E-state index contributed by atoms with van der Waals surface area (Å²) < 4.78 is 78.2. The molecule has 0 amide bonds. The molecular formula is C4F7I. The van der Waals surface area contributed by atoms with E-state index in [1.54, 1.807) is 0 Å². The summed E-state index contributed by atoms with van der Waals surface area (Å²) in [5, 5.41) is 0. The average Bonchev–Trinajstić information content (AvgIpc) is 1.83. The van der Waals surface area contributed by atoms with Crippen molar-refractivity contribution in [1.82, 2.24) is 0 Å². The molecule has 0 bridgehead atoms. The van der Waals surface area contributed by atoms with Crippen LogP contribution >= 0.6 is 22.6 Å². The first-order chi connectivity index (χ1) is 5.10. The van der Waals surface area contributed by atoms with Gasteiger partial charge in [-0.25, -0.2) is 0 Å². The molecule has 0 radical (unpaired) electrons. The van der Waals surface area contributed by atoms with Crippen LogP contribution in [0.25, 0.3) is 0 Å². The predicted molar refractivity (Wildman–Crippen MR) is 34.3 cm³/mol. The molecule has 0 aromatic heterocycles. The number of rotatable bonds is 1. The average molecular weight is 308 g/mol.